The van der Waals surface area contributed by atoms with Crippen LogP contribution in [0.5, 0.6) is 0 Å². The molecule has 0 fully saturated rings. The first-order valence-electron chi connectivity index (χ1n) is 5.59. The van der Waals surface area contributed by atoms with Gasteiger partial charge in [0.1, 0.15) is 11.6 Å². The van der Waals surface area contributed by atoms with Crippen molar-refractivity contribution in [3.05, 3.63) is 68.7 Å². The van der Waals surface area contributed by atoms with Gasteiger partial charge in [-0.3, -0.25) is 0 Å². The minimum absolute atomic E-state index is 0.330. The van der Waals surface area contributed by atoms with Crippen LogP contribution in [0.4, 0.5) is 8.78 Å². The highest BCUT2D eigenvalue weighted by Crippen LogP contribution is 2.28. The Morgan fingerprint density at radius 1 is 1.16 bits per heavy atom. The molecule has 0 aromatic heterocycles. The van der Waals surface area contributed by atoms with Crippen LogP contribution in [-0.2, 0) is 0 Å². The van der Waals surface area contributed by atoms with E-state index in [2.05, 4.69) is 21.2 Å². The van der Waals surface area contributed by atoms with Crippen molar-refractivity contribution in [1.29, 1.82) is 0 Å². The van der Waals surface area contributed by atoms with Crippen LogP contribution in [0.25, 0.3) is 0 Å². The van der Waals surface area contributed by atoms with Crippen molar-refractivity contribution in [2.24, 2.45) is 0 Å². The molecular formula is C14H11BrClF2N. The Kier molecular flexibility index (Phi) is 4.55. The lowest BCUT2D eigenvalue weighted by Gasteiger charge is -2.18. The third kappa shape index (κ3) is 3.32. The van der Waals surface area contributed by atoms with Crippen molar-refractivity contribution in [3.8, 4) is 0 Å². The molecule has 0 radical (unpaired) electrons. The average Bonchev–Trinajstić information content (AvgIpc) is 2.31. The van der Waals surface area contributed by atoms with Gasteiger partial charge in [-0.2, -0.15) is 0 Å². The number of halogens is 4. The molecule has 100 valence electrons. The lowest BCUT2D eigenvalue weighted by atomic mass is 9.98. The molecule has 0 spiro atoms. The van der Waals surface area contributed by atoms with Gasteiger partial charge in [0.05, 0.1) is 6.04 Å². The second kappa shape index (κ2) is 5.99. The number of nitrogens with one attached hydrogen (secondary N) is 1. The normalized spacial score (nSPS) is 12.5. The third-order valence-electron chi connectivity index (χ3n) is 2.78. The van der Waals surface area contributed by atoms with E-state index >= 15 is 0 Å². The quantitative estimate of drug-likeness (QED) is 0.850. The fourth-order valence-corrected chi connectivity index (χ4v) is 2.62. The summed E-state index contributed by atoms with van der Waals surface area (Å²) in [6, 6.07) is 8.49. The molecule has 2 aromatic carbocycles. The lowest BCUT2D eigenvalue weighted by molar-refractivity contribution is 0.571. The third-order valence-corrected chi connectivity index (χ3v) is 3.47. The second-order valence-electron chi connectivity index (χ2n) is 4.09. The van der Waals surface area contributed by atoms with Crippen molar-refractivity contribution in [2.75, 3.05) is 7.05 Å². The van der Waals surface area contributed by atoms with Crippen LogP contribution < -0.4 is 5.32 Å². The summed E-state index contributed by atoms with van der Waals surface area (Å²) in [6.07, 6.45) is 0. The summed E-state index contributed by atoms with van der Waals surface area (Å²) in [5.41, 5.74) is 1.06. The fourth-order valence-electron chi connectivity index (χ4n) is 1.98. The molecule has 0 amide bonds. The van der Waals surface area contributed by atoms with E-state index in [9.17, 15) is 8.78 Å². The van der Waals surface area contributed by atoms with E-state index in [0.29, 0.717) is 20.6 Å². The Balaban J connectivity index is 2.49. The highest BCUT2D eigenvalue weighted by molar-refractivity contribution is 9.10. The Bertz CT molecular complexity index is 584. The van der Waals surface area contributed by atoms with Gasteiger partial charge in [0.15, 0.2) is 0 Å². The summed E-state index contributed by atoms with van der Waals surface area (Å²) in [5.74, 6) is -0.800. The monoisotopic (exact) mass is 345 g/mol. The maximum Gasteiger partial charge on any atom is 0.129 e. The number of hydrogen-bond acceptors (Lipinski definition) is 1. The molecule has 1 nitrogen and oxygen atoms in total. The van der Waals surface area contributed by atoms with Crippen LogP contribution >= 0.6 is 27.5 Å². The van der Waals surface area contributed by atoms with Gasteiger partial charge in [0.25, 0.3) is 0 Å². The van der Waals surface area contributed by atoms with Gasteiger partial charge in [-0.05, 0) is 42.9 Å². The lowest BCUT2D eigenvalue weighted by Crippen LogP contribution is -2.19. The average molecular weight is 347 g/mol. The van der Waals surface area contributed by atoms with Crippen LogP contribution in [-0.4, -0.2) is 7.05 Å². The highest BCUT2D eigenvalue weighted by Gasteiger charge is 2.17. The van der Waals surface area contributed by atoms with Gasteiger partial charge in [-0.1, -0.05) is 33.6 Å². The van der Waals surface area contributed by atoms with E-state index in [-0.39, 0.29) is 5.82 Å². The van der Waals surface area contributed by atoms with Gasteiger partial charge in [0, 0.05) is 15.1 Å². The summed E-state index contributed by atoms with van der Waals surface area (Å²) in [5, 5.41) is 3.31. The predicted octanol–water partition coefficient (Wildman–Crippen LogP) is 4.69. The Morgan fingerprint density at radius 3 is 2.47 bits per heavy atom. The highest BCUT2D eigenvalue weighted by atomic mass is 79.9. The number of rotatable bonds is 3. The van der Waals surface area contributed by atoms with E-state index in [1.54, 1.807) is 25.2 Å². The van der Waals surface area contributed by atoms with Gasteiger partial charge >= 0.3 is 0 Å². The van der Waals surface area contributed by atoms with E-state index < -0.39 is 11.9 Å². The SMILES string of the molecule is CNC(c1cc(F)cc(Br)c1)c1ccc(Cl)cc1F. The fraction of sp³-hybridized carbons (Fsp3) is 0.143. The summed E-state index contributed by atoms with van der Waals surface area (Å²) >= 11 is 8.96. The topological polar surface area (TPSA) is 12.0 Å². The molecule has 1 unspecified atom stereocenters. The number of hydrogen-bond donors (Lipinski definition) is 1. The first-order valence-corrected chi connectivity index (χ1v) is 6.76. The van der Waals surface area contributed by atoms with Gasteiger partial charge < -0.3 is 5.32 Å². The Hall–Kier alpha value is -0.970. The summed E-state index contributed by atoms with van der Waals surface area (Å²) < 4.78 is 28.0. The summed E-state index contributed by atoms with van der Waals surface area (Å²) in [6.45, 7) is 0. The smallest absolute Gasteiger partial charge is 0.129 e. The number of benzene rings is 2. The molecule has 5 heteroatoms. The van der Waals surface area contributed by atoms with Crippen molar-refractivity contribution in [1.82, 2.24) is 5.32 Å². The molecule has 19 heavy (non-hydrogen) atoms. The molecule has 0 aliphatic rings. The summed E-state index contributed by atoms with van der Waals surface area (Å²) in [7, 11) is 1.69. The van der Waals surface area contributed by atoms with Crippen LogP contribution in [0.2, 0.25) is 5.02 Å². The van der Waals surface area contributed by atoms with Crippen LogP contribution in [0.15, 0.2) is 40.9 Å². The van der Waals surface area contributed by atoms with E-state index in [1.807, 2.05) is 0 Å². The molecule has 1 atom stereocenters. The molecule has 0 aliphatic heterocycles. The zero-order valence-corrected chi connectivity index (χ0v) is 12.4. The summed E-state index contributed by atoms with van der Waals surface area (Å²) in [4.78, 5) is 0. The van der Waals surface area contributed by atoms with Crippen molar-refractivity contribution in [3.63, 3.8) is 0 Å². The minimum Gasteiger partial charge on any atom is -0.309 e. The van der Waals surface area contributed by atoms with E-state index in [0.717, 1.165) is 0 Å². The second-order valence-corrected chi connectivity index (χ2v) is 5.44. The molecular weight excluding hydrogens is 336 g/mol. The van der Waals surface area contributed by atoms with Crippen molar-refractivity contribution >= 4 is 27.5 Å². The van der Waals surface area contributed by atoms with Gasteiger partial charge in [-0.15, -0.1) is 0 Å². The van der Waals surface area contributed by atoms with Gasteiger partial charge in [0.2, 0.25) is 0 Å². The Labute approximate surface area is 123 Å². The Morgan fingerprint density at radius 2 is 1.89 bits per heavy atom. The molecule has 1 N–H and O–H groups in total. The molecule has 0 bridgehead atoms. The van der Waals surface area contributed by atoms with Crippen molar-refractivity contribution in [2.45, 2.75) is 6.04 Å². The molecule has 0 saturated carbocycles. The van der Waals surface area contributed by atoms with E-state index in [1.165, 1.54) is 18.2 Å². The maximum atomic E-state index is 13.9. The molecule has 0 heterocycles. The molecule has 2 rings (SSSR count). The van der Waals surface area contributed by atoms with Crippen LogP contribution in [0.1, 0.15) is 17.2 Å². The standard InChI is InChI=1S/C14H11BrClF2N/c1-19-14(8-4-9(15)6-11(17)5-8)12-3-2-10(16)7-13(12)18/h2-7,14,19H,1H3. The zero-order valence-electron chi connectivity index (χ0n) is 10.1. The van der Waals surface area contributed by atoms with Gasteiger partial charge in [-0.25, -0.2) is 8.78 Å². The van der Waals surface area contributed by atoms with Crippen LogP contribution in [0.3, 0.4) is 0 Å². The molecule has 0 aliphatic carbocycles. The first-order chi connectivity index (χ1) is 9.01. The molecule has 2 aromatic rings. The van der Waals surface area contributed by atoms with Crippen LogP contribution in [0, 0.1) is 11.6 Å². The minimum atomic E-state index is -0.440. The van der Waals surface area contributed by atoms with E-state index in [4.69, 9.17) is 11.6 Å². The maximum absolute atomic E-state index is 13.9. The largest absolute Gasteiger partial charge is 0.309 e. The predicted molar refractivity (Wildman–Crippen MR) is 76.4 cm³/mol. The first kappa shape index (κ1) is 14.4. The molecule has 0 saturated heterocycles. The van der Waals surface area contributed by atoms with Crippen molar-refractivity contribution < 1.29 is 8.78 Å². The zero-order chi connectivity index (χ0) is 14.0.